The number of aliphatic hydroxyl groups is 2. The number of rotatable bonds is 32. The zero-order valence-corrected chi connectivity index (χ0v) is 50.3. The van der Waals surface area contributed by atoms with Crippen LogP contribution in [0, 0.1) is 23.7 Å². The molecule has 1 aromatic rings. The van der Waals surface area contributed by atoms with E-state index in [-0.39, 0.29) is 25.8 Å². The zero-order chi connectivity index (χ0) is 63.5. The molecule has 28 nitrogen and oxygen atoms in total. The quantitative estimate of drug-likeness (QED) is 0.0310. The Morgan fingerprint density at radius 2 is 1.06 bits per heavy atom. The average molecular weight is 1190 g/mol. The first-order valence-corrected chi connectivity index (χ1v) is 28.8. The fourth-order valence-corrected chi connectivity index (χ4v) is 8.77. The van der Waals surface area contributed by atoms with Crippen LogP contribution in [0.3, 0.4) is 0 Å². The van der Waals surface area contributed by atoms with Gasteiger partial charge < -0.3 is 84.9 Å². The maximum absolute atomic E-state index is 14.4. The summed E-state index contributed by atoms with van der Waals surface area (Å²) >= 11 is 0. The van der Waals surface area contributed by atoms with Crippen LogP contribution >= 0.6 is 0 Å². The molecule has 1 aliphatic heterocycles. The summed E-state index contributed by atoms with van der Waals surface area (Å²) in [5.41, 5.74) is 12.0. The summed E-state index contributed by atoms with van der Waals surface area (Å²) in [6.07, 6.45) is -0.702. The lowest BCUT2D eigenvalue weighted by Crippen LogP contribution is -2.63. The Kier molecular flexibility index (Phi) is 31.6. The van der Waals surface area contributed by atoms with Gasteiger partial charge in [0.15, 0.2) is 0 Å². The third-order valence-corrected chi connectivity index (χ3v) is 15.2. The van der Waals surface area contributed by atoms with Crippen molar-refractivity contribution in [2.24, 2.45) is 35.1 Å². The lowest BCUT2D eigenvalue weighted by molar-refractivity contribution is -0.157. The van der Waals surface area contributed by atoms with E-state index in [0.717, 1.165) is 5.56 Å². The second kappa shape index (κ2) is 36.4. The monoisotopic (exact) mass is 1190 g/mol. The Bertz CT molecular complexity index is 2400. The summed E-state index contributed by atoms with van der Waals surface area (Å²) in [5, 5.41) is 49.1. The number of primary amides is 1. The summed E-state index contributed by atoms with van der Waals surface area (Å²) in [6, 6.07) is -6.21. The van der Waals surface area contributed by atoms with Crippen LogP contribution in [-0.4, -0.2) is 181 Å². The highest BCUT2D eigenvalue weighted by Crippen LogP contribution is 2.17. The summed E-state index contributed by atoms with van der Waals surface area (Å²) in [5.74, 6) is -13.1. The molecule has 0 saturated carbocycles. The molecule has 1 aliphatic rings. The molecule has 28 heteroatoms. The molecule has 0 aromatic heterocycles. The molecule has 2 rings (SSSR count). The number of ether oxygens (including phenoxy) is 1. The van der Waals surface area contributed by atoms with Gasteiger partial charge in [-0.1, -0.05) is 111 Å². The van der Waals surface area contributed by atoms with Gasteiger partial charge in [0.25, 0.3) is 0 Å². The Labute approximate surface area is 491 Å². The third kappa shape index (κ3) is 22.4. The number of benzene rings is 1. The fourth-order valence-electron chi connectivity index (χ4n) is 8.77. The van der Waals surface area contributed by atoms with Crippen molar-refractivity contribution in [2.45, 2.75) is 193 Å². The number of cyclic esters (lactones) is 1. The molecule has 0 spiro atoms. The number of aliphatic hydroxyl groups excluding tert-OH is 2. The SMILES string of the molecule is CC[C@H](C)[C@H](NC(=O)[C@@H](Cc1ccccc1)NC)C(=O)N[C@@H](CO)C(=O)N[C@H](CCC(N)=O)C(=O)N[C@@H](C(=O)N[C@H](C(=O)N[C@@H](CO)C(=O)N[C@H]1C(=O)N[C@@H](C)C(=O)N[C@@H](CCN)C(=O)N[C@@H]([C@@H](C)CC)C(=O)O[C@H]1C)[C@@H](C)CC)[C@@H](C)CC. The molecular formula is C56H93N13O15. The van der Waals surface area contributed by atoms with Crippen LogP contribution in [0.4, 0.5) is 0 Å². The van der Waals surface area contributed by atoms with E-state index in [2.05, 4.69) is 58.5 Å². The van der Waals surface area contributed by atoms with Crippen molar-refractivity contribution in [1.82, 2.24) is 58.5 Å². The van der Waals surface area contributed by atoms with Gasteiger partial charge in [-0.15, -0.1) is 0 Å². The van der Waals surface area contributed by atoms with E-state index in [1.165, 1.54) is 13.8 Å². The molecule has 0 aliphatic carbocycles. The number of amides is 11. The summed E-state index contributed by atoms with van der Waals surface area (Å²) in [6.45, 7) is 14.1. The van der Waals surface area contributed by atoms with E-state index in [0.29, 0.717) is 19.3 Å². The van der Waals surface area contributed by atoms with Crippen LogP contribution in [0.2, 0.25) is 0 Å². The number of carbonyl (C=O) groups is 12. The van der Waals surface area contributed by atoms with E-state index in [4.69, 9.17) is 16.2 Å². The Morgan fingerprint density at radius 1 is 0.595 bits per heavy atom. The van der Waals surface area contributed by atoms with Gasteiger partial charge in [-0.05, 0) is 75.9 Å². The molecule has 1 fully saturated rings. The normalized spacial score (nSPS) is 21.6. The van der Waals surface area contributed by atoms with Gasteiger partial charge >= 0.3 is 5.97 Å². The topological polar surface area (TPSA) is 439 Å². The standard InChI is InChI=1S/C56H93N13O15/c1-12-28(5)41(66-49(76)37(59-11)25-34-19-17-16-18-20-34)52(79)63-38(26-70)50(77)62-35(21-22-40(58)72)47(74)65-43(30(7)14-3)54(81)67-42(29(6)13-2)53(80)64-39(27-71)51(78)69-45-33(10)84-56(83)44(31(8)15-4)68-48(75)36(23-24-57)61-46(73)32(9)60-55(45)82/h16-20,28-33,35-39,41-45,59,70-71H,12-15,21-27,57H2,1-11H3,(H2,58,72)(H,60,82)(H,61,73)(H,62,77)(H,63,79)(H,64,80)(H,65,74)(H,66,76)(H,67,81)(H,68,75)(H,69,78)/t28-,29-,30-,31-,32-,33-,35+,36-,37+,38-,39-,41-,42-,43+,44-,45+/m0/s1. The largest absolute Gasteiger partial charge is 0.458 e. The number of esters is 1. The van der Waals surface area contributed by atoms with Crippen molar-refractivity contribution >= 4 is 70.9 Å². The number of hydrogen-bond acceptors (Lipinski definition) is 17. The highest BCUT2D eigenvalue weighted by atomic mass is 16.5. The van der Waals surface area contributed by atoms with Crippen molar-refractivity contribution in [3.8, 4) is 0 Å². The first-order chi connectivity index (χ1) is 39.7. The highest BCUT2D eigenvalue weighted by molar-refractivity contribution is 5.99. The van der Waals surface area contributed by atoms with E-state index >= 15 is 0 Å². The first-order valence-electron chi connectivity index (χ1n) is 28.8. The molecule has 1 heterocycles. The molecule has 17 N–H and O–H groups in total. The van der Waals surface area contributed by atoms with Crippen LogP contribution in [0.25, 0.3) is 0 Å². The highest BCUT2D eigenvalue weighted by Gasteiger charge is 2.41. The van der Waals surface area contributed by atoms with E-state index in [9.17, 15) is 67.7 Å². The molecule has 84 heavy (non-hydrogen) atoms. The summed E-state index contributed by atoms with van der Waals surface area (Å²) in [4.78, 5) is 164. The van der Waals surface area contributed by atoms with Crippen LogP contribution in [0.15, 0.2) is 30.3 Å². The van der Waals surface area contributed by atoms with Crippen LogP contribution in [0.1, 0.15) is 120 Å². The van der Waals surface area contributed by atoms with Gasteiger partial charge in [0.1, 0.15) is 66.5 Å². The Morgan fingerprint density at radius 3 is 1.52 bits per heavy atom. The maximum atomic E-state index is 14.4. The van der Waals surface area contributed by atoms with Gasteiger partial charge in [-0.25, -0.2) is 4.79 Å². The molecule has 0 bridgehead atoms. The lowest BCUT2D eigenvalue weighted by atomic mass is 9.94. The van der Waals surface area contributed by atoms with Gasteiger partial charge in [0, 0.05) is 6.42 Å². The predicted octanol–water partition coefficient (Wildman–Crippen LogP) is -3.59. The van der Waals surface area contributed by atoms with E-state index in [1.807, 2.05) is 30.3 Å². The third-order valence-electron chi connectivity index (χ3n) is 15.2. The molecule has 0 unspecified atom stereocenters. The summed E-state index contributed by atoms with van der Waals surface area (Å²) in [7, 11) is 1.60. The predicted molar refractivity (Wildman–Crippen MR) is 308 cm³/mol. The Balaban J connectivity index is 2.40. The first kappa shape index (κ1) is 72.8. The smallest absolute Gasteiger partial charge is 0.329 e. The van der Waals surface area contributed by atoms with Gasteiger partial charge in [0.2, 0.25) is 65.0 Å². The number of nitrogens with one attached hydrogen (secondary N) is 11. The maximum Gasteiger partial charge on any atom is 0.329 e. The minimum absolute atomic E-state index is 0.0145. The van der Waals surface area contributed by atoms with Crippen LogP contribution in [-0.2, 0) is 68.7 Å². The molecule has 16 atom stereocenters. The fraction of sp³-hybridized carbons (Fsp3) is 0.679. The number of hydrogen-bond donors (Lipinski definition) is 15. The Hall–Kier alpha value is -7.30. The van der Waals surface area contributed by atoms with Crippen molar-refractivity contribution < 1.29 is 72.5 Å². The number of carbonyl (C=O) groups excluding carboxylic acids is 12. The number of nitrogens with two attached hydrogens (primary N) is 2. The molecule has 1 saturated heterocycles. The van der Waals surface area contributed by atoms with Crippen molar-refractivity contribution in [3.63, 3.8) is 0 Å². The summed E-state index contributed by atoms with van der Waals surface area (Å²) < 4.78 is 5.66. The molecule has 11 amide bonds. The second-order valence-corrected chi connectivity index (χ2v) is 21.6. The van der Waals surface area contributed by atoms with E-state index < -0.39 is 193 Å². The molecule has 0 radical (unpaired) electrons. The van der Waals surface area contributed by atoms with Crippen LogP contribution in [0.5, 0.6) is 0 Å². The lowest BCUT2D eigenvalue weighted by Gasteiger charge is -2.31. The van der Waals surface area contributed by atoms with E-state index in [1.54, 1.807) is 62.4 Å². The van der Waals surface area contributed by atoms with Gasteiger partial charge in [0.05, 0.1) is 19.3 Å². The van der Waals surface area contributed by atoms with Crippen molar-refractivity contribution in [1.29, 1.82) is 0 Å². The van der Waals surface area contributed by atoms with Crippen molar-refractivity contribution in [2.75, 3.05) is 26.8 Å². The second-order valence-electron chi connectivity index (χ2n) is 21.6. The van der Waals surface area contributed by atoms with Crippen molar-refractivity contribution in [3.05, 3.63) is 35.9 Å². The minimum Gasteiger partial charge on any atom is -0.458 e. The molecule has 472 valence electrons. The zero-order valence-electron chi connectivity index (χ0n) is 50.3. The van der Waals surface area contributed by atoms with Gasteiger partial charge in [-0.2, -0.15) is 0 Å². The minimum atomic E-state index is -1.81. The molecule has 1 aromatic carbocycles. The molecular weight excluding hydrogens is 1090 g/mol. The van der Waals surface area contributed by atoms with Gasteiger partial charge in [-0.3, -0.25) is 52.7 Å². The van der Waals surface area contributed by atoms with Crippen LogP contribution < -0.4 is 70.0 Å². The average Bonchev–Trinajstić information content (AvgIpc) is 3.71. The number of likely N-dealkylation sites (N-methyl/N-ethyl adjacent to an activating group) is 1.